The summed E-state index contributed by atoms with van der Waals surface area (Å²) in [5.74, 6) is 0. The summed E-state index contributed by atoms with van der Waals surface area (Å²) in [6.07, 6.45) is -4.07. The summed E-state index contributed by atoms with van der Waals surface area (Å²) >= 11 is 0. The molecule has 1 aromatic carbocycles. The molecule has 0 unspecified atom stereocenters. The van der Waals surface area contributed by atoms with Crippen molar-refractivity contribution < 1.29 is 29.7 Å². The molecule has 19 heavy (non-hydrogen) atoms. The zero-order chi connectivity index (χ0) is 13.7. The van der Waals surface area contributed by atoms with Gasteiger partial charge in [-0.25, -0.2) is 14.4 Å². The van der Waals surface area contributed by atoms with E-state index in [2.05, 4.69) is 0 Å². The average molecular weight is 292 g/mol. The molecule has 10 heteroatoms. The molecule has 0 atom stereocenters. The van der Waals surface area contributed by atoms with Gasteiger partial charge in [-0.1, -0.05) is 0 Å². The van der Waals surface area contributed by atoms with Crippen LogP contribution >= 0.6 is 12.4 Å². The van der Waals surface area contributed by atoms with Crippen molar-refractivity contribution in [1.29, 1.82) is 0 Å². The molecule has 104 valence electrons. The second-order valence-corrected chi connectivity index (χ2v) is 3.09. The number of carbonyl (C=O) groups is 3. The Morgan fingerprint density at radius 3 is 1.05 bits per heavy atom. The van der Waals surface area contributed by atoms with Gasteiger partial charge in [0, 0.05) is 17.1 Å². The largest absolute Gasteiger partial charge is 0.465 e. The van der Waals surface area contributed by atoms with Crippen LogP contribution in [0, 0.1) is 0 Å². The minimum absolute atomic E-state index is 0. The first-order valence-electron chi connectivity index (χ1n) is 4.52. The fraction of sp³-hybridized carbons (Fsp3) is 0. The van der Waals surface area contributed by atoms with Gasteiger partial charge in [0.25, 0.3) is 0 Å². The lowest BCUT2D eigenvalue weighted by molar-refractivity contribution is 0.208. The Bertz CT molecular complexity index is 423. The maximum absolute atomic E-state index is 10.5. The van der Waals surface area contributed by atoms with Gasteiger partial charge in [-0.2, -0.15) is 0 Å². The fourth-order valence-corrected chi connectivity index (χ4v) is 1.21. The predicted octanol–water partition coefficient (Wildman–Crippen LogP) is 2.38. The molecule has 1 aromatic rings. The van der Waals surface area contributed by atoms with Crippen molar-refractivity contribution in [2.75, 3.05) is 16.0 Å². The van der Waals surface area contributed by atoms with E-state index < -0.39 is 18.3 Å². The van der Waals surface area contributed by atoms with Gasteiger partial charge < -0.3 is 15.3 Å². The van der Waals surface area contributed by atoms with Crippen molar-refractivity contribution in [2.24, 2.45) is 0 Å². The van der Waals surface area contributed by atoms with Crippen LogP contribution in [0.15, 0.2) is 18.2 Å². The average Bonchev–Trinajstić information content (AvgIpc) is 2.12. The summed E-state index contributed by atoms with van der Waals surface area (Å²) in [5.41, 5.74) is 0.0764. The van der Waals surface area contributed by atoms with Crippen LogP contribution < -0.4 is 16.0 Å². The van der Waals surface area contributed by atoms with Crippen LogP contribution in [0.5, 0.6) is 0 Å². The number of hydrogen-bond donors (Lipinski definition) is 6. The summed E-state index contributed by atoms with van der Waals surface area (Å²) in [5, 5.41) is 31.5. The van der Waals surface area contributed by atoms with Crippen LogP contribution in [0.1, 0.15) is 0 Å². The van der Waals surface area contributed by atoms with Gasteiger partial charge in [0.05, 0.1) is 0 Å². The molecule has 0 saturated carbocycles. The summed E-state index contributed by atoms with van der Waals surface area (Å²) < 4.78 is 0. The highest BCUT2D eigenvalue weighted by Gasteiger charge is 2.07. The first-order chi connectivity index (χ1) is 8.36. The Morgan fingerprint density at radius 2 is 0.895 bits per heavy atom. The van der Waals surface area contributed by atoms with Gasteiger partial charge >= 0.3 is 18.3 Å². The van der Waals surface area contributed by atoms with E-state index in [-0.39, 0.29) is 29.5 Å². The van der Waals surface area contributed by atoms with Gasteiger partial charge in [-0.05, 0) is 18.2 Å². The Labute approximate surface area is 112 Å². The molecule has 0 aromatic heterocycles. The highest BCUT2D eigenvalue weighted by molar-refractivity contribution is 5.91. The van der Waals surface area contributed by atoms with Gasteiger partial charge in [0.2, 0.25) is 0 Å². The Hall–Kier alpha value is -2.68. The molecule has 3 amide bonds. The number of carboxylic acid groups (broad SMARTS) is 3. The molecule has 9 nitrogen and oxygen atoms in total. The molecule has 0 heterocycles. The Kier molecular flexibility index (Phi) is 5.94. The molecule has 0 spiro atoms. The SMILES string of the molecule is Cl.O=C(O)Nc1cc(NC(=O)O)cc(NC(=O)O)c1. The van der Waals surface area contributed by atoms with E-state index in [0.717, 1.165) is 0 Å². The van der Waals surface area contributed by atoms with Crippen LogP contribution in [0.2, 0.25) is 0 Å². The summed E-state index contributed by atoms with van der Waals surface area (Å²) in [4.78, 5) is 31.4. The van der Waals surface area contributed by atoms with Crippen molar-refractivity contribution in [3.63, 3.8) is 0 Å². The molecule has 0 saturated heterocycles. The van der Waals surface area contributed by atoms with E-state index in [1.165, 1.54) is 18.2 Å². The predicted molar refractivity (Wildman–Crippen MR) is 68.6 cm³/mol. The molecule has 6 N–H and O–H groups in total. The molecule has 0 aliphatic carbocycles. The first-order valence-corrected chi connectivity index (χ1v) is 4.52. The highest BCUT2D eigenvalue weighted by atomic mass is 35.5. The van der Waals surface area contributed by atoms with Crippen molar-refractivity contribution in [2.45, 2.75) is 0 Å². The first kappa shape index (κ1) is 16.3. The van der Waals surface area contributed by atoms with E-state index in [1.807, 2.05) is 16.0 Å². The number of halogens is 1. The van der Waals surface area contributed by atoms with Crippen LogP contribution in [-0.2, 0) is 0 Å². The number of amides is 3. The zero-order valence-corrected chi connectivity index (χ0v) is 10.0. The molecule has 0 aliphatic rings. The lowest BCUT2D eigenvalue weighted by Crippen LogP contribution is -2.12. The second-order valence-electron chi connectivity index (χ2n) is 3.09. The third kappa shape index (κ3) is 5.98. The number of benzene rings is 1. The summed E-state index contributed by atoms with van der Waals surface area (Å²) in [7, 11) is 0. The lowest BCUT2D eigenvalue weighted by Gasteiger charge is -2.09. The summed E-state index contributed by atoms with van der Waals surface area (Å²) in [6.45, 7) is 0. The van der Waals surface area contributed by atoms with E-state index in [1.54, 1.807) is 0 Å². The third-order valence-electron chi connectivity index (χ3n) is 1.69. The van der Waals surface area contributed by atoms with Gasteiger partial charge in [0.15, 0.2) is 0 Å². The number of rotatable bonds is 3. The Morgan fingerprint density at radius 1 is 0.684 bits per heavy atom. The normalized spacial score (nSPS) is 8.84. The van der Waals surface area contributed by atoms with Gasteiger partial charge in [-0.15, -0.1) is 12.4 Å². The fourth-order valence-electron chi connectivity index (χ4n) is 1.21. The molecular formula is C9H10ClN3O6. The van der Waals surface area contributed by atoms with E-state index in [4.69, 9.17) is 15.3 Å². The van der Waals surface area contributed by atoms with Crippen molar-refractivity contribution in [3.05, 3.63) is 18.2 Å². The minimum Gasteiger partial charge on any atom is -0.465 e. The minimum atomic E-state index is -1.36. The molecule has 0 aliphatic heterocycles. The van der Waals surface area contributed by atoms with Gasteiger partial charge in [0.1, 0.15) is 0 Å². The maximum Gasteiger partial charge on any atom is 0.409 e. The lowest BCUT2D eigenvalue weighted by atomic mass is 10.2. The van der Waals surface area contributed by atoms with Crippen molar-refractivity contribution in [3.8, 4) is 0 Å². The van der Waals surface area contributed by atoms with E-state index in [9.17, 15) is 14.4 Å². The monoisotopic (exact) mass is 291 g/mol. The summed E-state index contributed by atoms with van der Waals surface area (Å²) in [6, 6.07) is 3.61. The molecule has 0 radical (unpaired) electrons. The van der Waals surface area contributed by atoms with Crippen LogP contribution in [0.3, 0.4) is 0 Å². The van der Waals surface area contributed by atoms with Gasteiger partial charge in [-0.3, -0.25) is 16.0 Å². The van der Waals surface area contributed by atoms with E-state index in [0.29, 0.717) is 0 Å². The number of anilines is 3. The Balaban J connectivity index is 0.00000324. The third-order valence-corrected chi connectivity index (χ3v) is 1.69. The highest BCUT2D eigenvalue weighted by Crippen LogP contribution is 2.22. The molecule has 0 fully saturated rings. The standard InChI is InChI=1S/C9H9N3O6.ClH/c13-7(14)10-4-1-5(11-8(15)16)3-6(2-4)12-9(17)18;/h1-3,10-12H,(H,13,14)(H,15,16)(H,17,18);1H. The van der Waals surface area contributed by atoms with Crippen molar-refractivity contribution >= 4 is 47.7 Å². The maximum atomic E-state index is 10.5. The topological polar surface area (TPSA) is 148 Å². The number of nitrogens with one attached hydrogen (secondary N) is 3. The van der Waals surface area contributed by atoms with E-state index >= 15 is 0 Å². The zero-order valence-electron chi connectivity index (χ0n) is 9.21. The molecule has 0 bridgehead atoms. The molecule has 1 rings (SSSR count). The second kappa shape index (κ2) is 6.91. The van der Waals surface area contributed by atoms with Crippen LogP contribution in [0.25, 0.3) is 0 Å². The molecular weight excluding hydrogens is 282 g/mol. The smallest absolute Gasteiger partial charge is 0.409 e. The van der Waals surface area contributed by atoms with Crippen LogP contribution in [0.4, 0.5) is 31.4 Å². The number of hydrogen-bond acceptors (Lipinski definition) is 3. The van der Waals surface area contributed by atoms with Crippen LogP contribution in [-0.4, -0.2) is 33.6 Å². The quantitative estimate of drug-likeness (QED) is 0.503. The van der Waals surface area contributed by atoms with Crippen molar-refractivity contribution in [1.82, 2.24) is 0 Å².